The molecule has 0 aliphatic carbocycles. The number of amides is 2. The number of carbonyl (C=O) groups excluding carboxylic acids is 2. The lowest BCUT2D eigenvalue weighted by Crippen LogP contribution is -2.53. The van der Waals surface area contributed by atoms with E-state index < -0.39 is 11.9 Å². The van der Waals surface area contributed by atoms with E-state index in [1.807, 2.05) is 12.1 Å². The number of thiophene rings is 1. The Balaban J connectivity index is 1.23. The standard InChI is InChI=1S/C27H23FN4O5S2/c1-36-20-5-3-2-4-15(20)10-24(34)31-27(38)30-16-6-7-21(18(28)11-16)37-22-8-9-29-19-12-23(39-25(19)22)26(35)32-13-17(33)14-32/h2-9,11-12,17,33H,10,13-14H2,1H3,(H2,30,31,34,38). The van der Waals surface area contributed by atoms with Crippen LogP contribution < -0.4 is 20.1 Å². The van der Waals surface area contributed by atoms with Crippen molar-refractivity contribution in [1.29, 1.82) is 0 Å². The Bertz CT molecular complexity index is 1570. The Morgan fingerprint density at radius 3 is 2.69 bits per heavy atom. The fourth-order valence-corrected chi connectivity index (χ4v) is 5.28. The van der Waals surface area contributed by atoms with Crippen molar-refractivity contribution < 1.29 is 28.6 Å². The number of aliphatic hydroxyl groups is 1. The highest BCUT2D eigenvalue weighted by molar-refractivity contribution is 7.80. The second kappa shape index (κ2) is 11.3. The third-order valence-electron chi connectivity index (χ3n) is 5.94. The molecule has 200 valence electrons. The number of ether oxygens (including phenoxy) is 2. The van der Waals surface area contributed by atoms with Crippen LogP contribution in [0.1, 0.15) is 15.2 Å². The monoisotopic (exact) mass is 566 g/mol. The summed E-state index contributed by atoms with van der Waals surface area (Å²) in [6, 6.07) is 14.6. The zero-order chi connectivity index (χ0) is 27.5. The minimum absolute atomic E-state index is 0.0179. The van der Waals surface area contributed by atoms with Crippen molar-refractivity contribution in [3.63, 3.8) is 0 Å². The molecule has 2 amide bonds. The van der Waals surface area contributed by atoms with Crippen LogP contribution in [0.2, 0.25) is 0 Å². The Hall–Kier alpha value is -4.13. The highest BCUT2D eigenvalue weighted by Gasteiger charge is 2.30. The van der Waals surface area contributed by atoms with E-state index in [0.717, 1.165) is 0 Å². The lowest BCUT2D eigenvalue weighted by Gasteiger charge is -2.35. The molecule has 0 atom stereocenters. The molecule has 12 heteroatoms. The third kappa shape index (κ3) is 5.98. The predicted molar refractivity (Wildman–Crippen MR) is 149 cm³/mol. The van der Waals surface area contributed by atoms with Gasteiger partial charge in [-0.3, -0.25) is 14.6 Å². The van der Waals surface area contributed by atoms with Crippen LogP contribution >= 0.6 is 23.6 Å². The second-order valence-corrected chi connectivity index (χ2v) is 10.2. The van der Waals surface area contributed by atoms with Crippen molar-refractivity contribution in [2.75, 3.05) is 25.5 Å². The molecular formula is C27H23FN4O5S2. The van der Waals surface area contributed by atoms with Crippen LogP contribution in [-0.2, 0) is 11.2 Å². The number of carbonyl (C=O) groups is 2. The largest absolute Gasteiger partial charge is 0.496 e. The Labute approximate surface area is 232 Å². The number of β-amino-alcohol motifs (C(OH)–C–C–N with tert-alkyl or cyclic N) is 1. The Morgan fingerprint density at radius 2 is 1.95 bits per heavy atom. The number of fused-ring (bicyclic) bond motifs is 1. The SMILES string of the molecule is COc1ccccc1CC(=O)NC(=S)Nc1ccc(Oc2ccnc3cc(C(=O)N4CC(O)C4)sc23)c(F)c1. The summed E-state index contributed by atoms with van der Waals surface area (Å²) in [5.41, 5.74) is 1.58. The van der Waals surface area contributed by atoms with E-state index in [-0.39, 0.29) is 29.1 Å². The Morgan fingerprint density at radius 1 is 1.15 bits per heavy atom. The average molecular weight is 567 g/mol. The number of nitrogens with zero attached hydrogens (tertiary/aromatic N) is 2. The van der Waals surface area contributed by atoms with E-state index >= 15 is 0 Å². The van der Waals surface area contributed by atoms with Crippen LogP contribution in [0.5, 0.6) is 17.2 Å². The first-order chi connectivity index (χ1) is 18.8. The van der Waals surface area contributed by atoms with Crippen LogP contribution in [0.3, 0.4) is 0 Å². The number of pyridine rings is 1. The maximum absolute atomic E-state index is 14.9. The summed E-state index contributed by atoms with van der Waals surface area (Å²) in [6.07, 6.45) is 1.08. The van der Waals surface area contributed by atoms with Gasteiger partial charge in [-0.25, -0.2) is 4.39 Å². The maximum atomic E-state index is 14.9. The first kappa shape index (κ1) is 26.5. The van der Waals surface area contributed by atoms with Gasteiger partial charge in [-0.1, -0.05) is 18.2 Å². The highest BCUT2D eigenvalue weighted by atomic mass is 32.1. The van der Waals surface area contributed by atoms with Gasteiger partial charge in [0.1, 0.15) is 11.5 Å². The normalized spacial score (nSPS) is 13.1. The first-order valence-corrected chi connectivity index (χ1v) is 13.1. The number of aliphatic hydroxyl groups excluding tert-OH is 1. The van der Waals surface area contributed by atoms with Crippen molar-refractivity contribution in [1.82, 2.24) is 15.2 Å². The highest BCUT2D eigenvalue weighted by Crippen LogP contribution is 2.37. The molecule has 2 aromatic carbocycles. The van der Waals surface area contributed by atoms with Gasteiger partial charge in [0.05, 0.1) is 34.7 Å². The fraction of sp³-hybridized carbons (Fsp3) is 0.185. The molecule has 39 heavy (non-hydrogen) atoms. The smallest absolute Gasteiger partial charge is 0.264 e. The van der Waals surface area contributed by atoms with Gasteiger partial charge in [-0.2, -0.15) is 0 Å². The molecule has 1 aliphatic rings. The number of halogens is 1. The number of para-hydroxylation sites is 1. The molecule has 0 spiro atoms. The summed E-state index contributed by atoms with van der Waals surface area (Å²) in [6.45, 7) is 0.592. The summed E-state index contributed by atoms with van der Waals surface area (Å²) >= 11 is 6.40. The van der Waals surface area contributed by atoms with Crippen molar-refractivity contribution in [3.8, 4) is 17.2 Å². The number of benzene rings is 2. The molecule has 1 saturated heterocycles. The molecule has 5 rings (SSSR count). The van der Waals surface area contributed by atoms with Gasteiger partial charge in [0, 0.05) is 42.7 Å². The number of hydrogen-bond donors (Lipinski definition) is 3. The quantitative estimate of drug-likeness (QED) is 0.287. The number of likely N-dealkylation sites (tertiary alicyclic amines) is 1. The topological polar surface area (TPSA) is 113 Å². The van der Waals surface area contributed by atoms with E-state index in [0.29, 0.717) is 50.9 Å². The first-order valence-electron chi connectivity index (χ1n) is 11.9. The van der Waals surface area contributed by atoms with Gasteiger partial charge in [0.2, 0.25) is 5.91 Å². The lowest BCUT2D eigenvalue weighted by atomic mass is 10.1. The van der Waals surface area contributed by atoms with Crippen LogP contribution in [0, 0.1) is 5.82 Å². The van der Waals surface area contributed by atoms with E-state index in [1.54, 1.807) is 35.2 Å². The third-order valence-corrected chi connectivity index (χ3v) is 7.27. The number of aromatic nitrogens is 1. The molecule has 0 bridgehead atoms. The molecule has 4 aromatic rings. The number of anilines is 1. The molecule has 0 radical (unpaired) electrons. The zero-order valence-electron chi connectivity index (χ0n) is 20.6. The van der Waals surface area contributed by atoms with Gasteiger partial charge in [0.25, 0.3) is 5.91 Å². The van der Waals surface area contributed by atoms with E-state index in [9.17, 15) is 19.1 Å². The van der Waals surface area contributed by atoms with Gasteiger partial charge in [-0.15, -0.1) is 11.3 Å². The van der Waals surface area contributed by atoms with Gasteiger partial charge < -0.3 is 30.1 Å². The molecule has 9 nitrogen and oxygen atoms in total. The maximum Gasteiger partial charge on any atom is 0.264 e. The molecule has 3 heterocycles. The van der Waals surface area contributed by atoms with Crippen molar-refractivity contribution in [2.45, 2.75) is 12.5 Å². The number of nitrogens with one attached hydrogen (secondary N) is 2. The van der Waals surface area contributed by atoms with Crippen molar-refractivity contribution >= 4 is 56.4 Å². The number of hydrogen-bond acceptors (Lipinski definition) is 8. The van der Waals surface area contributed by atoms with Crippen LogP contribution in [0.25, 0.3) is 10.2 Å². The summed E-state index contributed by atoms with van der Waals surface area (Å²) in [5.74, 6) is -0.287. The number of thiocarbonyl (C=S) groups is 1. The zero-order valence-corrected chi connectivity index (χ0v) is 22.3. The molecule has 1 fully saturated rings. The van der Waals surface area contributed by atoms with Gasteiger partial charge in [0.15, 0.2) is 16.7 Å². The molecule has 0 unspecified atom stereocenters. The van der Waals surface area contributed by atoms with Gasteiger partial charge >= 0.3 is 0 Å². The summed E-state index contributed by atoms with van der Waals surface area (Å²) < 4.78 is 26.6. The Kier molecular flexibility index (Phi) is 7.68. The second-order valence-electron chi connectivity index (χ2n) is 8.74. The van der Waals surface area contributed by atoms with E-state index in [1.165, 1.54) is 36.8 Å². The van der Waals surface area contributed by atoms with E-state index in [4.69, 9.17) is 21.7 Å². The number of rotatable bonds is 7. The summed E-state index contributed by atoms with van der Waals surface area (Å²) in [4.78, 5) is 31.3. The minimum atomic E-state index is -0.657. The van der Waals surface area contributed by atoms with Crippen molar-refractivity contribution in [2.24, 2.45) is 0 Å². The van der Waals surface area contributed by atoms with Crippen molar-refractivity contribution in [3.05, 3.63) is 77.1 Å². The molecular weight excluding hydrogens is 543 g/mol. The van der Waals surface area contributed by atoms with Crippen LogP contribution in [0.15, 0.2) is 60.8 Å². The molecule has 2 aromatic heterocycles. The van der Waals surface area contributed by atoms with E-state index in [2.05, 4.69) is 15.6 Å². The lowest BCUT2D eigenvalue weighted by molar-refractivity contribution is -0.119. The fourth-order valence-electron chi connectivity index (χ4n) is 4.01. The van der Waals surface area contributed by atoms with Crippen LogP contribution in [-0.4, -0.2) is 58.2 Å². The summed E-state index contributed by atoms with van der Waals surface area (Å²) in [5, 5.41) is 14.9. The molecule has 3 N–H and O–H groups in total. The number of methoxy groups -OCH3 is 1. The minimum Gasteiger partial charge on any atom is -0.496 e. The van der Waals surface area contributed by atoms with Crippen LogP contribution in [0.4, 0.5) is 10.1 Å². The van der Waals surface area contributed by atoms with Gasteiger partial charge in [-0.05, 0) is 36.5 Å². The molecule has 1 aliphatic heterocycles. The predicted octanol–water partition coefficient (Wildman–Crippen LogP) is 4.11. The average Bonchev–Trinajstić information content (AvgIpc) is 3.33. The molecule has 0 saturated carbocycles. The summed E-state index contributed by atoms with van der Waals surface area (Å²) in [7, 11) is 1.53.